The molecule has 4 nitrogen and oxygen atoms in total. The van der Waals surface area contributed by atoms with E-state index in [0.717, 1.165) is 6.54 Å². The maximum Gasteiger partial charge on any atom is 0.218 e. The summed E-state index contributed by atoms with van der Waals surface area (Å²) in [6.45, 7) is 3.06. The minimum absolute atomic E-state index is 0.281. The Morgan fingerprint density at radius 1 is 1.64 bits per heavy atom. The lowest BCUT2D eigenvalue weighted by molar-refractivity contribution is -0.117. The van der Waals surface area contributed by atoms with Gasteiger partial charge in [-0.3, -0.25) is 4.79 Å². The van der Waals surface area contributed by atoms with Crippen LogP contribution in [-0.4, -0.2) is 30.2 Å². The monoisotopic (exact) mass is 160 g/mol. The SMILES string of the molecule is CC(O)CCNCCC(N)=O. The van der Waals surface area contributed by atoms with Crippen molar-refractivity contribution in [3.8, 4) is 0 Å². The Morgan fingerprint density at radius 3 is 2.73 bits per heavy atom. The van der Waals surface area contributed by atoms with E-state index in [1.54, 1.807) is 6.92 Å². The molecule has 0 aromatic carbocycles. The lowest BCUT2D eigenvalue weighted by Crippen LogP contribution is -2.24. The summed E-state index contributed by atoms with van der Waals surface area (Å²) >= 11 is 0. The Morgan fingerprint density at radius 2 is 2.27 bits per heavy atom. The van der Waals surface area contributed by atoms with Crippen molar-refractivity contribution >= 4 is 5.91 Å². The van der Waals surface area contributed by atoms with Crippen LogP contribution in [0.3, 0.4) is 0 Å². The molecule has 0 aliphatic heterocycles. The molecule has 4 heteroatoms. The molecule has 0 aromatic heterocycles. The smallest absolute Gasteiger partial charge is 0.218 e. The molecule has 0 bridgehead atoms. The van der Waals surface area contributed by atoms with Crippen molar-refractivity contribution < 1.29 is 9.90 Å². The number of nitrogens with two attached hydrogens (primary N) is 1. The summed E-state index contributed by atoms with van der Waals surface area (Å²) in [6, 6.07) is 0. The highest BCUT2D eigenvalue weighted by Gasteiger charge is 1.95. The molecule has 11 heavy (non-hydrogen) atoms. The fourth-order valence-electron chi connectivity index (χ4n) is 0.648. The minimum atomic E-state index is -0.297. The zero-order chi connectivity index (χ0) is 8.69. The predicted molar refractivity (Wildman–Crippen MR) is 43.0 cm³/mol. The van der Waals surface area contributed by atoms with E-state index in [2.05, 4.69) is 5.32 Å². The third kappa shape index (κ3) is 9.39. The van der Waals surface area contributed by atoms with Crippen molar-refractivity contribution in [1.29, 1.82) is 0 Å². The summed E-state index contributed by atoms with van der Waals surface area (Å²) in [5.74, 6) is -0.297. The van der Waals surface area contributed by atoms with Crippen LogP contribution in [0.5, 0.6) is 0 Å². The minimum Gasteiger partial charge on any atom is -0.393 e. The van der Waals surface area contributed by atoms with Crippen LogP contribution in [0, 0.1) is 0 Å². The summed E-state index contributed by atoms with van der Waals surface area (Å²) < 4.78 is 0. The first-order valence-corrected chi connectivity index (χ1v) is 3.80. The molecule has 1 unspecified atom stereocenters. The lowest BCUT2D eigenvalue weighted by atomic mass is 10.3. The zero-order valence-electron chi connectivity index (χ0n) is 6.84. The van der Waals surface area contributed by atoms with Gasteiger partial charge in [-0.1, -0.05) is 0 Å². The molecule has 0 aliphatic rings. The number of aliphatic hydroxyl groups is 1. The highest BCUT2D eigenvalue weighted by Crippen LogP contribution is 1.85. The third-order valence-electron chi connectivity index (χ3n) is 1.29. The molecule has 1 atom stereocenters. The average molecular weight is 160 g/mol. The number of aliphatic hydroxyl groups excluding tert-OH is 1. The summed E-state index contributed by atoms with van der Waals surface area (Å²) in [7, 11) is 0. The van der Waals surface area contributed by atoms with Gasteiger partial charge in [0.1, 0.15) is 0 Å². The van der Waals surface area contributed by atoms with Crippen molar-refractivity contribution in [2.75, 3.05) is 13.1 Å². The topological polar surface area (TPSA) is 75.3 Å². The van der Waals surface area contributed by atoms with Gasteiger partial charge in [0.25, 0.3) is 0 Å². The van der Waals surface area contributed by atoms with E-state index in [4.69, 9.17) is 10.8 Å². The molecular formula is C7H16N2O2. The van der Waals surface area contributed by atoms with E-state index in [-0.39, 0.29) is 12.0 Å². The fraction of sp³-hybridized carbons (Fsp3) is 0.857. The van der Waals surface area contributed by atoms with Crippen molar-refractivity contribution in [3.05, 3.63) is 0 Å². The van der Waals surface area contributed by atoms with Crippen LogP contribution in [0.1, 0.15) is 19.8 Å². The Hall–Kier alpha value is -0.610. The molecule has 0 aliphatic carbocycles. The van der Waals surface area contributed by atoms with Crippen molar-refractivity contribution in [3.63, 3.8) is 0 Å². The maximum absolute atomic E-state index is 10.2. The van der Waals surface area contributed by atoms with E-state index >= 15 is 0 Å². The first kappa shape index (κ1) is 10.4. The Balaban J connectivity index is 2.97. The zero-order valence-corrected chi connectivity index (χ0v) is 6.84. The van der Waals surface area contributed by atoms with Crippen molar-refractivity contribution in [2.24, 2.45) is 5.73 Å². The summed E-state index contributed by atoms with van der Waals surface area (Å²) in [5.41, 5.74) is 4.91. The number of primary amides is 1. The standard InChI is InChI=1S/C7H16N2O2/c1-6(10)2-4-9-5-3-7(8)11/h6,9-10H,2-5H2,1H3,(H2,8,11). The number of rotatable bonds is 6. The largest absolute Gasteiger partial charge is 0.393 e. The Bertz CT molecular complexity index is 115. The van der Waals surface area contributed by atoms with Gasteiger partial charge >= 0.3 is 0 Å². The molecule has 0 spiro atoms. The number of amides is 1. The molecule has 66 valence electrons. The molecule has 0 saturated heterocycles. The molecule has 0 heterocycles. The van der Waals surface area contributed by atoms with Gasteiger partial charge in [0.15, 0.2) is 0 Å². The summed E-state index contributed by atoms with van der Waals surface area (Å²) in [6.07, 6.45) is 0.787. The Labute approximate surface area is 66.8 Å². The lowest BCUT2D eigenvalue weighted by Gasteiger charge is -2.04. The number of nitrogens with one attached hydrogen (secondary N) is 1. The number of carbonyl (C=O) groups is 1. The molecule has 0 aromatic rings. The molecular weight excluding hydrogens is 144 g/mol. The van der Waals surface area contributed by atoms with Gasteiger partial charge in [0, 0.05) is 13.0 Å². The van der Waals surface area contributed by atoms with Crippen molar-refractivity contribution in [1.82, 2.24) is 5.32 Å². The van der Waals surface area contributed by atoms with Crippen LogP contribution in [0.25, 0.3) is 0 Å². The third-order valence-corrected chi connectivity index (χ3v) is 1.29. The number of carbonyl (C=O) groups excluding carboxylic acids is 1. The first-order chi connectivity index (χ1) is 5.13. The van der Waals surface area contributed by atoms with Crippen LogP contribution in [0.2, 0.25) is 0 Å². The fourth-order valence-corrected chi connectivity index (χ4v) is 0.648. The second kappa shape index (κ2) is 6.12. The van der Waals surface area contributed by atoms with Crippen LogP contribution < -0.4 is 11.1 Å². The van der Waals surface area contributed by atoms with Gasteiger partial charge in [-0.05, 0) is 19.9 Å². The van der Waals surface area contributed by atoms with Gasteiger partial charge in [0.05, 0.1) is 6.10 Å². The van der Waals surface area contributed by atoms with Crippen LogP contribution in [-0.2, 0) is 4.79 Å². The second-order valence-electron chi connectivity index (χ2n) is 2.60. The molecule has 0 saturated carbocycles. The normalized spacial score (nSPS) is 12.9. The van der Waals surface area contributed by atoms with Crippen LogP contribution in [0.15, 0.2) is 0 Å². The molecule has 0 fully saturated rings. The molecule has 0 radical (unpaired) electrons. The highest BCUT2D eigenvalue weighted by atomic mass is 16.3. The van der Waals surface area contributed by atoms with Crippen molar-refractivity contribution in [2.45, 2.75) is 25.9 Å². The van der Waals surface area contributed by atoms with Gasteiger partial charge < -0.3 is 16.2 Å². The van der Waals surface area contributed by atoms with E-state index in [0.29, 0.717) is 19.4 Å². The summed E-state index contributed by atoms with van der Waals surface area (Å²) in [4.78, 5) is 10.2. The van der Waals surface area contributed by atoms with Crippen LogP contribution >= 0.6 is 0 Å². The second-order valence-corrected chi connectivity index (χ2v) is 2.60. The quantitative estimate of drug-likeness (QED) is 0.446. The van der Waals surface area contributed by atoms with E-state index in [1.165, 1.54) is 0 Å². The first-order valence-electron chi connectivity index (χ1n) is 3.80. The maximum atomic E-state index is 10.2. The van der Waals surface area contributed by atoms with Gasteiger partial charge in [-0.15, -0.1) is 0 Å². The van der Waals surface area contributed by atoms with E-state index < -0.39 is 0 Å². The van der Waals surface area contributed by atoms with Gasteiger partial charge in [0.2, 0.25) is 5.91 Å². The Kier molecular flexibility index (Phi) is 5.78. The number of hydrogen-bond donors (Lipinski definition) is 3. The summed E-state index contributed by atoms with van der Waals surface area (Å²) in [5, 5.41) is 11.8. The highest BCUT2D eigenvalue weighted by molar-refractivity contribution is 5.73. The average Bonchev–Trinajstić information content (AvgIpc) is 1.85. The molecule has 0 rings (SSSR count). The van der Waals surface area contributed by atoms with Gasteiger partial charge in [-0.2, -0.15) is 0 Å². The number of hydrogen-bond acceptors (Lipinski definition) is 3. The van der Waals surface area contributed by atoms with Crippen LogP contribution in [0.4, 0.5) is 0 Å². The van der Waals surface area contributed by atoms with Gasteiger partial charge in [-0.25, -0.2) is 0 Å². The van der Waals surface area contributed by atoms with E-state index in [9.17, 15) is 4.79 Å². The molecule has 1 amide bonds. The molecule has 4 N–H and O–H groups in total. The van der Waals surface area contributed by atoms with E-state index in [1.807, 2.05) is 0 Å². The predicted octanol–water partition coefficient (Wildman–Crippen LogP) is -0.778.